The van der Waals surface area contributed by atoms with Crippen LogP contribution in [0.15, 0.2) is 78.9 Å². The largest absolute Gasteiger partial charge is 0.480 e. The van der Waals surface area contributed by atoms with Crippen molar-refractivity contribution in [3.05, 3.63) is 107 Å². The van der Waals surface area contributed by atoms with Gasteiger partial charge in [0.1, 0.15) is 0 Å². The van der Waals surface area contributed by atoms with Crippen LogP contribution in [-0.4, -0.2) is 47.6 Å². The third kappa shape index (κ3) is 6.65. The number of likely N-dealkylation sites (N-methyl/N-ethyl adjacent to an activating group) is 1. The molecule has 0 heterocycles. The van der Waals surface area contributed by atoms with Crippen LogP contribution in [0, 0.1) is 20.8 Å². The Hall–Kier alpha value is -4.69. The van der Waals surface area contributed by atoms with Crippen molar-refractivity contribution in [2.75, 3.05) is 24.3 Å². The van der Waals surface area contributed by atoms with E-state index in [0.29, 0.717) is 5.69 Å². The molecule has 8 heteroatoms. The summed E-state index contributed by atoms with van der Waals surface area (Å²) in [5, 5.41) is 17.2. The molecule has 4 aromatic carbocycles. The molecule has 3 amide bonds. The minimum absolute atomic E-state index is 0.169. The summed E-state index contributed by atoms with van der Waals surface area (Å²) >= 11 is 0. The molecular formula is C32H33N3O5. The van der Waals surface area contributed by atoms with Crippen molar-refractivity contribution in [1.29, 1.82) is 0 Å². The van der Waals surface area contributed by atoms with Gasteiger partial charge in [0.25, 0.3) is 5.91 Å². The average Bonchev–Trinajstić information content (AvgIpc) is 2.92. The highest BCUT2D eigenvalue weighted by atomic mass is 16.5. The minimum atomic E-state index is -1.23. The van der Waals surface area contributed by atoms with Gasteiger partial charge in [0.2, 0.25) is 0 Å². The number of carboxylic acid groups (broad SMARTS) is 1. The Labute approximate surface area is 233 Å². The number of aryl methyl sites for hydroxylation is 3. The normalized spacial score (nSPS) is 11.6. The van der Waals surface area contributed by atoms with Crippen LogP contribution in [0.5, 0.6) is 0 Å². The van der Waals surface area contributed by atoms with Gasteiger partial charge in [0, 0.05) is 12.7 Å². The van der Waals surface area contributed by atoms with Crippen LogP contribution in [0.25, 0.3) is 10.8 Å². The lowest BCUT2D eigenvalue weighted by Crippen LogP contribution is -2.45. The van der Waals surface area contributed by atoms with Gasteiger partial charge in [-0.3, -0.25) is 4.79 Å². The van der Waals surface area contributed by atoms with Crippen molar-refractivity contribution >= 4 is 40.1 Å². The molecule has 0 aromatic heterocycles. The summed E-state index contributed by atoms with van der Waals surface area (Å²) in [6.45, 7) is 5.84. The zero-order valence-electron chi connectivity index (χ0n) is 23.0. The third-order valence-electron chi connectivity index (χ3n) is 6.74. The summed E-state index contributed by atoms with van der Waals surface area (Å²) in [6.07, 6.45) is 0. The van der Waals surface area contributed by atoms with Crippen LogP contribution in [-0.2, 0) is 16.1 Å². The fourth-order valence-corrected chi connectivity index (χ4v) is 4.71. The minimum Gasteiger partial charge on any atom is -0.480 e. The van der Waals surface area contributed by atoms with Crippen molar-refractivity contribution in [1.82, 2.24) is 4.90 Å². The molecule has 1 atom stereocenters. The second-order valence-electron chi connectivity index (χ2n) is 9.87. The van der Waals surface area contributed by atoms with Crippen molar-refractivity contribution in [2.24, 2.45) is 0 Å². The number of nitrogens with one attached hydrogen (secondary N) is 2. The first-order valence-electron chi connectivity index (χ1n) is 12.9. The van der Waals surface area contributed by atoms with Crippen molar-refractivity contribution < 1.29 is 24.2 Å². The van der Waals surface area contributed by atoms with Gasteiger partial charge in [0.15, 0.2) is 6.04 Å². The topological polar surface area (TPSA) is 108 Å². The molecule has 40 heavy (non-hydrogen) atoms. The lowest BCUT2D eigenvalue weighted by atomic mass is 10.0. The van der Waals surface area contributed by atoms with E-state index in [4.69, 9.17) is 4.74 Å². The summed E-state index contributed by atoms with van der Waals surface area (Å²) in [6, 6.07) is 22.4. The highest BCUT2D eigenvalue weighted by Gasteiger charge is 2.29. The molecule has 0 spiro atoms. The number of benzene rings is 4. The average molecular weight is 540 g/mol. The first-order valence-corrected chi connectivity index (χ1v) is 12.9. The molecule has 1 unspecified atom stereocenters. The Morgan fingerprint density at radius 1 is 0.850 bits per heavy atom. The molecule has 0 fully saturated rings. The number of urea groups is 1. The van der Waals surface area contributed by atoms with Gasteiger partial charge >= 0.3 is 12.0 Å². The van der Waals surface area contributed by atoms with E-state index in [2.05, 4.69) is 10.6 Å². The maximum absolute atomic E-state index is 13.7. The first-order chi connectivity index (χ1) is 19.1. The Morgan fingerprint density at radius 3 is 2.08 bits per heavy atom. The molecule has 0 saturated carbocycles. The lowest BCUT2D eigenvalue weighted by Gasteiger charge is -2.26. The van der Waals surface area contributed by atoms with Gasteiger partial charge in [-0.2, -0.15) is 0 Å². The number of aliphatic carboxylic acids is 1. The molecule has 206 valence electrons. The SMILES string of the molecule is Cc1cc(C)c(NC(=O)Nc2cc3ccccc3cc2C(=O)N(C)C(COCc2ccccc2)C(=O)O)c(C)c1. The number of rotatable bonds is 9. The van der Waals surface area contributed by atoms with Gasteiger partial charge in [-0.05, 0) is 60.4 Å². The van der Waals surface area contributed by atoms with Crippen LogP contribution >= 0.6 is 0 Å². The Bertz CT molecular complexity index is 1530. The highest BCUT2D eigenvalue weighted by Crippen LogP contribution is 2.27. The van der Waals surface area contributed by atoms with Crippen LogP contribution in [0.2, 0.25) is 0 Å². The third-order valence-corrected chi connectivity index (χ3v) is 6.74. The molecular weight excluding hydrogens is 506 g/mol. The number of hydrogen-bond acceptors (Lipinski definition) is 4. The molecule has 0 radical (unpaired) electrons. The van der Waals surface area contributed by atoms with Crippen LogP contribution in [0.3, 0.4) is 0 Å². The second kappa shape index (κ2) is 12.4. The number of anilines is 2. The quantitative estimate of drug-likeness (QED) is 0.236. The molecule has 4 rings (SSSR count). The summed E-state index contributed by atoms with van der Waals surface area (Å²) < 4.78 is 5.66. The van der Waals surface area contributed by atoms with Crippen LogP contribution < -0.4 is 10.6 Å². The number of carbonyl (C=O) groups excluding carboxylic acids is 2. The standard InChI is InChI=1S/C32H33N3O5/c1-20-14-21(2)29(22(3)15-20)34-32(39)33-27-17-25-13-9-8-12-24(25)16-26(27)30(36)35(4)28(31(37)38)19-40-18-23-10-6-5-7-11-23/h5-17,28H,18-19H2,1-4H3,(H,37,38)(H2,33,34,39). The van der Waals surface area contributed by atoms with Gasteiger partial charge < -0.3 is 25.4 Å². The molecule has 8 nitrogen and oxygen atoms in total. The summed E-state index contributed by atoms with van der Waals surface area (Å²) in [5.74, 6) is -1.75. The van der Waals surface area contributed by atoms with Gasteiger partial charge in [-0.25, -0.2) is 9.59 Å². The first kappa shape index (κ1) is 28.3. The van der Waals surface area contributed by atoms with E-state index in [0.717, 1.165) is 37.9 Å². The molecule has 0 aliphatic rings. The Morgan fingerprint density at radius 2 is 1.45 bits per heavy atom. The fourth-order valence-electron chi connectivity index (χ4n) is 4.71. The monoisotopic (exact) mass is 539 g/mol. The number of ether oxygens (including phenoxy) is 1. The maximum Gasteiger partial charge on any atom is 0.328 e. The number of carbonyl (C=O) groups is 3. The van der Waals surface area contributed by atoms with E-state index >= 15 is 0 Å². The zero-order chi connectivity index (χ0) is 28.8. The van der Waals surface area contributed by atoms with Gasteiger partial charge in [-0.15, -0.1) is 0 Å². The predicted molar refractivity (Wildman–Crippen MR) is 157 cm³/mol. The number of fused-ring (bicyclic) bond motifs is 1. The Kier molecular flexibility index (Phi) is 8.81. The zero-order valence-corrected chi connectivity index (χ0v) is 23.0. The smallest absolute Gasteiger partial charge is 0.328 e. The lowest BCUT2D eigenvalue weighted by molar-refractivity contribution is -0.144. The van der Waals surface area contributed by atoms with E-state index in [1.807, 2.05) is 87.5 Å². The van der Waals surface area contributed by atoms with Crippen molar-refractivity contribution in [2.45, 2.75) is 33.4 Å². The second-order valence-corrected chi connectivity index (χ2v) is 9.87. The predicted octanol–water partition coefficient (Wildman–Crippen LogP) is 6.15. The van der Waals surface area contributed by atoms with E-state index in [1.54, 1.807) is 12.1 Å². The molecule has 0 aliphatic heterocycles. The Balaban J connectivity index is 1.59. The van der Waals surface area contributed by atoms with E-state index in [9.17, 15) is 19.5 Å². The highest BCUT2D eigenvalue weighted by molar-refractivity contribution is 6.10. The van der Waals surface area contributed by atoms with E-state index in [-0.39, 0.29) is 24.5 Å². The molecule has 0 saturated heterocycles. The number of nitrogens with zero attached hydrogens (tertiary/aromatic N) is 1. The molecule has 4 aromatic rings. The van der Waals surface area contributed by atoms with E-state index < -0.39 is 23.9 Å². The summed E-state index contributed by atoms with van der Waals surface area (Å²) in [5.41, 5.74) is 4.95. The van der Waals surface area contributed by atoms with Crippen LogP contribution in [0.4, 0.5) is 16.2 Å². The summed E-state index contributed by atoms with van der Waals surface area (Å²) in [4.78, 5) is 40.1. The number of amides is 3. The maximum atomic E-state index is 13.7. The fraction of sp³-hybridized carbons (Fsp3) is 0.219. The van der Waals surface area contributed by atoms with Gasteiger partial charge in [-0.1, -0.05) is 72.3 Å². The van der Waals surface area contributed by atoms with Crippen molar-refractivity contribution in [3.8, 4) is 0 Å². The van der Waals surface area contributed by atoms with Crippen molar-refractivity contribution in [3.63, 3.8) is 0 Å². The summed E-state index contributed by atoms with van der Waals surface area (Å²) in [7, 11) is 1.42. The van der Waals surface area contributed by atoms with Crippen LogP contribution in [0.1, 0.15) is 32.6 Å². The number of carboxylic acids is 1. The molecule has 0 bridgehead atoms. The van der Waals surface area contributed by atoms with E-state index in [1.165, 1.54) is 7.05 Å². The van der Waals surface area contributed by atoms with Gasteiger partial charge in [0.05, 0.1) is 24.5 Å². The molecule has 0 aliphatic carbocycles. The molecule has 3 N–H and O–H groups in total. The number of hydrogen-bond donors (Lipinski definition) is 3.